The number of ketones is 1. The fourth-order valence-electron chi connectivity index (χ4n) is 1.69. The zero-order valence-electron chi connectivity index (χ0n) is 10.8. The Morgan fingerprint density at radius 2 is 1.65 bits per heavy atom. The minimum absolute atomic E-state index is 0.252. The first-order chi connectivity index (χ1) is 9.58. The van der Waals surface area contributed by atoms with Crippen molar-refractivity contribution in [1.82, 2.24) is 0 Å². The molecule has 0 unspecified atom stereocenters. The fraction of sp³-hybridized carbons (Fsp3) is 0.0625. The summed E-state index contributed by atoms with van der Waals surface area (Å²) in [6.07, 6.45) is 2.65. The van der Waals surface area contributed by atoms with Gasteiger partial charge in [0.1, 0.15) is 17.4 Å². The number of halogens is 2. The number of carbonyl (C=O) groups is 1. The maximum absolute atomic E-state index is 13.0. The highest BCUT2D eigenvalue weighted by atomic mass is 19.1. The van der Waals surface area contributed by atoms with Gasteiger partial charge in [-0.25, -0.2) is 8.78 Å². The van der Waals surface area contributed by atoms with Crippen LogP contribution in [0.25, 0.3) is 6.08 Å². The monoisotopic (exact) mass is 274 g/mol. The molecule has 0 aromatic heterocycles. The summed E-state index contributed by atoms with van der Waals surface area (Å²) in [4.78, 5) is 11.9. The molecule has 0 radical (unpaired) electrons. The molecule has 2 nitrogen and oxygen atoms in total. The largest absolute Gasteiger partial charge is 0.497 e. The summed E-state index contributed by atoms with van der Waals surface area (Å²) in [6, 6.07) is 9.67. The van der Waals surface area contributed by atoms with Crippen LogP contribution in [0.4, 0.5) is 8.78 Å². The molecular weight excluding hydrogens is 262 g/mol. The van der Waals surface area contributed by atoms with Gasteiger partial charge >= 0.3 is 0 Å². The molecule has 0 saturated carbocycles. The van der Waals surface area contributed by atoms with Crippen molar-refractivity contribution in [2.75, 3.05) is 7.11 Å². The van der Waals surface area contributed by atoms with Gasteiger partial charge in [-0.3, -0.25) is 4.79 Å². The van der Waals surface area contributed by atoms with Crippen molar-refractivity contribution in [1.29, 1.82) is 0 Å². The Bertz CT molecular complexity index is 626. The van der Waals surface area contributed by atoms with E-state index in [-0.39, 0.29) is 5.78 Å². The van der Waals surface area contributed by atoms with E-state index in [1.807, 2.05) is 0 Å². The number of benzene rings is 2. The normalized spacial score (nSPS) is 10.8. The van der Waals surface area contributed by atoms with Gasteiger partial charge in [-0.15, -0.1) is 0 Å². The molecule has 2 rings (SSSR count). The first-order valence-corrected chi connectivity index (χ1v) is 5.91. The second-order valence-corrected chi connectivity index (χ2v) is 4.13. The molecule has 0 N–H and O–H groups in total. The Morgan fingerprint density at radius 1 is 1.05 bits per heavy atom. The third-order valence-corrected chi connectivity index (χ3v) is 2.69. The Hall–Kier alpha value is -2.49. The van der Waals surface area contributed by atoms with Gasteiger partial charge in [0.2, 0.25) is 0 Å². The molecule has 0 aliphatic carbocycles. The second kappa shape index (κ2) is 6.10. The van der Waals surface area contributed by atoms with Gasteiger partial charge in [0.15, 0.2) is 5.78 Å². The van der Waals surface area contributed by atoms with Crippen LogP contribution in [0.15, 0.2) is 48.5 Å². The van der Waals surface area contributed by atoms with Crippen LogP contribution in [0.2, 0.25) is 0 Å². The Labute approximate surface area is 115 Å². The standard InChI is InChI=1S/C16H12F2O2/c1-20-15-5-3-12(4-6-15)16(19)7-2-11-8-13(17)10-14(18)9-11/h2-10H,1H3/b7-2+. The third kappa shape index (κ3) is 3.51. The molecule has 2 aromatic rings. The van der Waals surface area contributed by atoms with E-state index >= 15 is 0 Å². The zero-order chi connectivity index (χ0) is 14.5. The molecule has 0 bridgehead atoms. The van der Waals surface area contributed by atoms with Gasteiger partial charge in [-0.05, 0) is 48.0 Å². The van der Waals surface area contributed by atoms with Crippen LogP contribution >= 0.6 is 0 Å². The summed E-state index contributed by atoms with van der Waals surface area (Å²) < 4.78 is 31.0. The maximum Gasteiger partial charge on any atom is 0.185 e. The molecular formula is C16H12F2O2. The first-order valence-electron chi connectivity index (χ1n) is 5.91. The number of allylic oxidation sites excluding steroid dienone is 1. The van der Waals surface area contributed by atoms with Gasteiger partial charge < -0.3 is 4.74 Å². The SMILES string of the molecule is COc1ccc(C(=O)/C=C/c2cc(F)cc(F)c2)cc1. The van der Waals surface area contributed by atoms with Gasteiger partial charge in [-0.1, -0.05) is 6.08 Å². The fourth-order valence-corrected chi connectivity index (χ4v) is 1.69. The number of hydrogen-bond acceptors (Lipinski definition) is 2. The average Bonchev–Trinajstić information content (AvgIpc) is 2.44. The van der Waals surface area contributed by atoms with Crippen molar-refractivity contribution in [3.8, 4) is 5.75 Å². The van der Waals surface area contributed by atoms with E-state index in [0.717, 1.165) is 18.2 Å². The third-order valence-electron chi connectivity index (χ3n) is 2.69. The molecule has 0 aliphatic rings. The summed E-state index contributed by atoms with van der Waals surface area (Å²) in [5.41, 5.74) is 0.767. The highest BCUT2D eigenvalue weighted by molar-refractivity contribution is 6.06. The Morgan fingerprint density at radius 3 is 2.20 bits per heavy atom. The van der Waals surface area contributed by atoms with E-state index < -0.39 is 11.6 Å². The molecule has 0 saturated heterocycles. The predicted molar refractivity (Wildman–Crippen MR) is 72.7 cm³/mol. The van der Waals surface area contributed by atoms with Crippen LogP contribution in [0.1, 0.15) is 15.9 Å². The number of ether oxygens (including phenoxy) is 1. The lowest BCUT2D eigenvalue weighted by Gasteiger charge is -2.00. The summed E-state index contributed by atoms with van der Waals surface area (Å²) >= 11 is 0. The van der Waals surface area contributed by atoms with E-state index in [2.05, 4.69) is 0 Å². The second-order valence-electron chi connectivity index (χ2n) is 4.13. The predicted octanol–water partition coefficient (Wildman–Crippen LogP) is 3.87. The molecule has 0 fully saturated rings. The van der Waals surface area contributed by atoms with Crippen molar-refractivity contribution in [2.45, 2.75) is 0 Å². The minimum atomic E-state index is -0.679. The number of carbonyl (C=O) groups excluding carboxylic acids is 1. The van der Waals surface area contributed by atoms with Crippen molar-refractivity contribution >= 4 is 11.9 Å². The van der Waals surface area contributed by atoms with E-state index in [1.54, 1.807) is 24.3 Å². The number of methoxy groups -OCH3 is 1. The minimum Gasteiger partial charge on any atom is -0.497 e. The molecule has 0 aliphatic heterocycles. The van der Waals surface area contributed by atoms with Crippen LogP contribution in [-0.2, 0) is 0 Å². The molecule has 102 valence electrons. The van der Waals surface area contributed by atoms with E-state index in [1.165, 1.54) is 19.3 Å². The topological polar surface area (TPSA) is 26.3 Å². The van der Waals surface area contributed by atoms with Crippen LogP contribution in [-0.4, -0.2) is 12.9 Å². The van der Waals surface area contributed by atoms with Crippen molar-refractivity contribution in [3.05, 3.63) is 71.3 Å². The van der Waals surface area contributed by atoms with E-state index in [4.69, 9.17) is 4.74 Å². The summed E-state index contributed by atoms with van der Waals surface area (Å²) in [5, 5.41) is 0. The summed E-state index contributed by atoms with van der Waals surface area (Å²) in [7, 11) is 1.54. The number of rotatable bonds is 4. The van der Waals surface area contributed by atoms with Crippen LogP contribution < -0.4 is 4.74 Å². The van der Waals surface area contributed by atoms with Crippen LogP contribution in [0, 0.1) is 11.6 Å². The van der Waals surface area contributed by atoms with E-state index in [0.29, 0.717) is 16.9 Å². The number of hydrogen-bond donors (Lipinski definition) is 0. The quantitative estimate of drug-likeness (QED) is 0.625. The lowest BCUT2D eigenvalue weighted by atomic mass is 10.1. The van der Waals surface area contributed by atoms with Crippen LogP contribution in [0.3, 0.4) is 0 Å². The average molecular weight is 274 g/mol. The van der Waals surface area contributed by atoms with E-state index in [9.17, 15) is 13.6 Å². The van der Waals surface area contributed by atoms with Gasteiger partial charge in [0.05, 0.1) is 7.11 Å². The Kier molecular flexibility index (Phi) is 4.25. The molecule has 2 aromatic carbocycles. The lowest BCUT2D eigenvalue weighted by Crippen LogP contribution is -1.94. The smallest absolute Gasteiger partial charge is 0.185 e. The Balaban J connectivity index is 2.15. The zero-order valence-corrected chi connectivity index (χ0v) is 10.8. The molecule has 4 heteroatoms. The van der Waals surface area contributed by atoms with Gasteiger partial charge in [0.25, 0.3) is 0 Å². The van der Waals surface area contributed by atoms with Crippen LogP contribution in [0.5, 0.6) is 5.75 Å². The van der Waals surface area contributed by atoms with Crippen molar-refractivity contribution in [2.24, 2.45) is 0 Å². The molecule has 0 atom stereocenters. The van der Waals surface area contributed by atoms with Crippen molar-refractivity contribution in [3.63, 3.8) is 0 Å². The van der Waals surface area contributed by atoms with Gasteiger partial charge in [-0.2, -0.15) is 0 Å². The van der Waals surface area contributed by atoms with Crippen molar-refractivity contribution < 1.29 is 18.3 Å². The molecule has 0 heterocycles. The maximum atomic E-state index is 13.0. The first kappa shape index (κ1) is 13.9. The molecule has 0 amide bonds. The van der Waals surface area contributed by atoms with Gasteiger partial charge in [0, 0.05) is 11.6 Å². The highest BCUT2D eigenvalue weighted by Crippen LogP contribution is 2.13. The summed E-state index contributed by atoms with van der Waals surface area (Å²) in [5.74, 6) is -0.960. The lowest BCUT2D eigenvalue weighted by molar-refractivity contribution is 0.104. The highest BCUT2D eigenvalue weighted by Gasteiger charge is 2.03. The molecule has 20 heavy (non-hydrogen) atoms. The molecule has 0 spiro atoms. The summed E-state index contributed by atoms with van der Waals surface area (Å²) in [6.45, 7) is 0.